The summed E-state index contributed by atoms with van der Waals surface area (Å²) in [5, 5.41) is 5.42. The van der Waals surface area contributed by atoms with Crippen molar-refractivity contribution in [1.82, 2.24) is 14.6 Å². The summed E-state index contributed by atoms with van der Waals surface area (Å²) in [5.41, 5.74) is 1.27. The van der Waals surface area contributed by atoms with Gasteiger partial charge in [-0.05, 0) is 36.4 Å². The van der Waals surface area contributed by atoms with E-state index >= 15 is 0 Å². The lowest BCUT2D eigenvalue weighted by Gasteiger charge is -2.04. The Morgan fingerprint density at radius 2 is 1.84 bits per heavy atom. The van der Waals surface area contributed by atoms with Crippen molar-refractivity contribution in [3.63, 3.8) is 0 Å². The highest BCUT2D eigenvalue weighted by molar-refractivity contribution is 7.16. The van der Waals surface area contributed by atoms with Gasteiger partial charge in [-0.1, -0.05) is 41.1 Å². The third-order valence-electron chi connectivity index (χ3n) is 4.11. The molecule has 2 aromatic heterocycles. The number of carbonyl (C=O) groups is 1. The van der Waals surface area contributed by atoms with Crippen LogP contribution in [0.1, 0.15) is 10.7 Å². The van der Waals surface area contributed by atoms with E-state index in [2.05, 4.69) is 15.4 Å². The summed E-state index contributed by atoms with van der Waals surface area (Å²) in [7, 11) is 0. The molecule has 0 spiro atoms. The summed E-state index contributed by atoms with van der Waals surface area (Å²) >= 11 is 6.61. The fourth-order valence-corrected chi connectivity index (χ4v) is 3.75. The molecule has 2 aromatic carbocycles. The molecule has 31 heavy (non-hydrogen) atoms. The van der Waals surface area contributed by atoms with Crippen molar-refractivity contribution in [1.29, 1.82) is 0 Å². The van der Waals surface area contributed by atoms with Crippen molar-refractivity contribution in [2.45, 2.75) is 6.18 Å². The number of amides is 1. The minimum Gasteiger partial charge on any atom is -0.323 e. The number of benzene rings is 2. The van der Waals surface area contributed by atoms with E-state index in [4.69, 9.17) is 11.6 Å². The van der Waals surface area contributed by atoms with Gasteiger partial charge in [0.1, 0.15) is 11.5 Å². The summed E-state index contributed by atoms with van der Waals surface area (Å²) < 4.78 is 53.3. The molecule has 4 aromatic rings. The van der Waals surface area contributed by atoms with E-state index in [9.17, 15) is 22.4 Å². The molecule has 4 rings (SSSR count). The highest BCUT2D eigenvalue weighted by atomic mass is 35.5. The fourth-order valence-electron chi connectivity index (χ4n) is 2.75. The van der Waals surface area contributed by atoms with E-state index in [1.807, 2.05) is 0 Å². The molecule has 158 valence electrons. The number of fused-ring (bicyclic) bond motifs is 1. The van der Waals surface area contributed by atoms with Crippen LogP contribution in [0.3, 0.4) is 0 Å². The van der Waals surface area contributed by atoms with Crippen LogP contribution in [-0.2, 0) is 11.0 Å². The van der Waals surface area contributed by atoms with Crippen LogP contribution >= 0.6 is 22.9 Å². The third-order valence-corrected chi connectivity index (χ3v) is 5.40. The number of hydrogen-bond acceptors (Lipinski definition) is 4. The zero-order chi connectivity index (χ0) is 22.2. The normalized spacial score (nSPS) is 12.0. The summed E-state index contributed by atoms with van der Waals surface area (Å²) in [4.78, 5) is 16.5. The van der Waals surface area contributed by atoms with Crippen LogP contribution in [0.25, 0.3) is 22.3 Å². The van der Waals surface area contributed by atoms with Crippen LogP contribution in [0.15, 0.2) is 54.6 Å². The van der Waals surface area contributed by atoms with Gasteiger partial charge in [0.05, 0.1) is 10.7 Å². The third kappa shape index (κ3) is 4.44. The molecular formula is C20H11ClF4N4OS. The van der Waals surface area contributed by atoms with Crippen molar-refractivity contribution >= 4 is 45.6 Å². The molecule has 0 aliphatic carbocycles. The van der Waals surface area contributed by atoms with Gasteiger partial charge in [0.25, 0.3) is 0 Å². The lowest BCUT2D eigenvalue weighted by Crippen LogP contribution is -2.08. The number of rotatable bonds is 4. The highest BCUT2D eigenvalue weighted by Gasteiger charge is 2.36. The van der Waals surface area contributed by atoms with Crippen molar-refractivity contribution in [2.24, 2.45) is 0 Å². The summed E-state index contributed by atoms with van der Waals surface area (Å²) in [6, 6.07) is 11.8. The lowest BCUT2D eigenvalue weighted by atomic mass is 10.1. The Kier molecular flexibility index (Phi) is 5.50. The van der Waals surface area contributed by atoms with Crippen molar-refractivity contribution < 1.29 is 22.4 Å². The Balaban J connectivity index is 1.74. The van der Waals surface area contributed by atoms with Crippen LogP contribution in [0, 0.1) is 5.82 Å². The minimum atomic E-state index is -4.63. The first-order chi connectivity index (χ1) is 14.7. The Morgan fingerprint density at radius 3 is 2.52 bits per heavy atom. The Morgan fingerprint density at radius 1 is 1.13 bits per heavy atom. The van der Waals surface area contributed by atoms with Crippen molar-refractivity contribution in [3.8, 4) is 11.3 Å². The number of halogens is 5. The van der Waals surface area contributed by atoms with Gasteiger partial charge in [0.15, 0.2) is 0 Å². The molecule has 0 saturated carbocycles. The summed E-state index contributed by atoms with van der Waals surface area (Å²) in [5.74, 6) is -1.03. The maximum absolute atomic E-state index is 13.1. The molecule has 5 nitrogen and oxygen atoms in total. The van der Waals surface area contributed by atoms with Gasteiger partial charge >= 0.3 is 6.18 Å². The van der Waals surface area contributed by atoms with Gasteiger partial charge < -0.3 is 5.32 Å². The SMILES string of the molecule is O=C(C=Cc1c(-c2ccccc2Cl)nc2sc(C(F)(F)F)nn12)Nc1ccc(F)cc1. The van der Waals surface area contributed by atoms with Crippen LogP contribution in [0.4, 0.5) is 23.2 Å². The number of aromatic nitrogens is 3. The first-order valence-corrected chi connectivity index (χ1v) is 9.88. The molecule has 0 aliphatic rings. The monoisotopic (exact) mass is 466 g/mol. The molecule has 0 aliphatic heterocycles. The van der Waals surface area contributed by atoms with Crippen LogP contribution in [-0.4, -0.2) is 20.5 Å². The predicted molar refractivity (Wildman–Crippen MR) is 110 cm³/mol. The van der Waals surface area contributed by atoms with E-state index in [0.29, 0.717) is 27.6 Å². The molecule has 1 N–H and O–H groups in total. The van der Waals surface area contributed by atoms with Gasteiger partial charge in [-0.3, -0.25) is 4.79 Å². The fraction of sp³-hybridized carbons (Fsp3) is 0.0500. The van der Waals surface area contributed by atoms with E-state index < -0.39 is 22.9 Å². The number of nitrogens with one attached hydrogen (secondary N) is 1. The van der Waals surface area contributed by atoms with Crippen LogP contribution in [0.5, 0.6) is 0 Å². The van der Waals surface area contributed by atoms with Gasteiger partial charge in [0.2, 0.25) is 15.9 Å². The maximum atomic E-state index is 13.1. The zero-order valence-electron chi connectivity index (χ0n) is 15.3. The van der Waals surface area contributed by atoms with E-state index in [1.54, 1.807) is 24.3 Å². The first kappa shape index (κ1) is 21.0. The zero-order valence-corrected chi connectivity index (χ0v) is 16.9. The lowest BCUT2D eigenvalue weighted by molar-refractivity contribution is -0.138. The molecule has 0 radical (unpaired) electrons. The molecule has 11 heteroatoms. The van der Waals surface area contributed by atoms with E-state index in [1.165, 1.54) is 30.3 Å². The largest absolute Gasteiger partial charge is 0.445 e. The van der Waals surface area contributed by atoms with Crippen molar-refractivity contribution in [2.75, 3.05) is 5.32 Å². The molecular weight excluding hydrogens is 456 g/mol. The van der Waals surface area contributed by atoms with E-state index in [-0.39, 0.29) is 16.3 Å². The number of nitrogens with zero attached hydrogens (tertiary/aromatic N) is 3. The Labute approximate surface area is 181 Å². The standard InChI is InChI=1S/C20H11ClF4N4OS/c21-14-4-2-1-3-13(14)17-15(29-19(27-17)31-18(28-29)20(23,24)25)9-10-16(30)26-12-7-5-11(22)6-8-12/h1-10H,(H,26,30). The molecule has 0 fully saturated rings. The number of alkyl halides is 3. The smallest absolute Gasteiger partial charge is 0.323 e. The number of carbonyl (C=O) groups excluding carboxylic acids is 1. The predicted octanol–water partition coefficient (Wildman–Crippen LogP) is 5.92. The molecule has 1 amide bonds. The van der Waals surface area contributed by atoms with Gasteiger partial charge in [0, 0.05) is 17.3 Å². The van der Waals surface area contributed by atoms with Crippen LogP contribution in [0.2, 0.25) is 5.02 Å². The van der Waals surface area contributed by atoms with Crippen LogP contribution < -0.4 is 5.32 Å². The first-order valence-electron chi connectivity index (χ1n) is 8.68. The van der Waals surface area contributed by atoms with Gasteiger partial charge in [-0.25, -0.2) is 13.9 Å². The minimum absolute atomic E-state index is 0.000775. The summed E-state index contributed by atoms with van der Waals surface area (Å²) in [6.07, 6.45) is -2.20. The number of hydrogen-bond donors (Lipinski definition) is 1. The molecule has 0 atom stereocenters. The van der Waals surface area contributed by atoms with Gasteiger partial charge in [-0.2, -0.15) is 13.2 Å². The van der Waals surface area contributed by atoms with Gasteiger partial charge in [-0.15, -0.1) is 5.10 Å². The van der Waals surface area contributed by atoms with Crippen molar-refractivity contribution in [3.05, 3.63) is 76.1 Å². The average Bonchev–Trinajstić information content (AvgIpc) is 3.27. The second-order valence-electron chi connectivity index (χ2n) is 6.25. The molecule has 2 heterocycles. The quantitative estimate of drug-likeness (QED) is 0.300. The summed E-state index contributed by atoms with van der Waals surface area (Å²) in [6.45, 7) is 0. The molecule has 0 unspecified atom stereocenters. The average molecular weight is 467 g/mol. The van der Waals surface area contributed by atoms with E-state index in [0.717, 1.165) is 10.6 Å². The second kappa shape index (κ2) is 8.12. The Hall–Kier alpha value is -3.24. The highest BCUT2D eigenvalue weighted by Crippen LogP contribution is 2.36. The maximum Gasteiger partial charge on any atom is 0.445 e. The Bertz CT molecular complexity index is 1290. The molecule has 0 saturated heterocycles. The molecule has 0 bridgehead atoms. The second-order valence-corrected chi connectivity index (χ2v) is 7.62. The number of anilines is 1. The topological polar surface area (TPSA) is 59.3 Å². The number of imidazole rings is 1.